The number of hydrogen-bond donors (Lipinski definition) is 1. The molecule has 0 aromatic heterocycles. The minimum Gasteiger partial charge on any atom is -0.481 e. The molecule has 0 radical (unpaired) electrons. The molecule has 0 aliphatic heterocycles. The summed E-state index contributed by atoms with van der Waals surface area (Å²) < 4.78 is 0. The lowest BCUT2D eigenvalue weighted by Gasteiger charge is -1.96. The molecule has 0 saturated heterocycles. The van der Waals surface area contributed by atoms with Crippen LogP contribution in [0, 0.1) is 0 Å². The van der Waals surface area contributed by atoms with Crippen molar-refractivity contribution in [1.82, 2.24) is 0 Å². The highest BCUT2D eigenvalue weighted by Crippen LogP contribution is 2.03. The number of thioether (sulfide) groups is 1. The second-order valence-electron chi connectivity index (χ2n) is 2.53. The number of Topliss-reactive ketones (excluding diaryl/α,β-unsaturated/α-hetero) is 1. The first-order valence-corrected chi connectivity index (χ1v) is 5.28. The van der Waals surface area contributed by atoms with Crippen LogP contribution in [-0.2, 0) is 9.59 Å². The van der Waals surface area contributed by atoms with Crippen molar-refractivity contribution < 1.29 is 14.7 Å². The summed E-state index contributed by atoms with van der Waals surface area (Å²) >= 11 is 1.70. The molecule has 0 aromatic carbocycles. The fraction of sp³-hybridized carbons (Fsp3) is 0.750. The standard InChI is InChI=1S/C8H14O3S/c1-12-6-2-3-7(9)4-5-8(10)11/h2-6H2,1H3,(H,10,11). The van der Waals surface area contributed by atoms with Crippen LogP contribution >= 0.6 is 11.8 Å². The van der Waals surface area contributed by atoms with Gasteiger partial charge in [0.05, 0.1) is 6.42 Å². The van der Waals surface area contributed by atoms with E-state index < -0.39 is 5.97 Å². The van der Waals surface area contributed by atoms with Gasteiger partial charge in [0.2, 0.25) is 0 Å². The molecule has 70 valence electrons. The summed E-state index contributed by atoms with van der Waals surface area (Å²) in [5.74, 6) is 0.137. The minimum atomic E-state index is -0.895. The fourth-order valence-corrected chi connectivity index (χ4v) is 1.22. The van der Waals surface area contributed by atoms with Gasteiger partial charge in [-0.05, 0) is 18.4 Å². The number of hydrogen-bond acceptors (Lipinski definition) is 3. The molecule has 12 heavy (non-hydrogen) atoms. The van der Waals surface area contributed by atoms with Gasteiger partial charge in [-0.25, -0.2) is 0 Å². The molecule has 4 heteroatoms. The third kappa shape index (κ3) is 7.60. The van der Waals surface area contributed by atoms with E-state index in [1.165, 1.54) is 0 Å². The van der Waals surface area contributed by atoms with Gasteiger partial charge in [-0.1, -0.05) is 0 Å². The minimum absolute atomic E-state index is 0.0297. The maximum absolute atomic E-state index is 10.9. The van der Waals surface area contributed by atoms with Gasteiger partial charge < -0.3 is 5.11 Å². The number of carbonyl (C=O) groups is 2. The molecule has 0 unspecified atom stereocenters. The third-order valence-corrected chi connectivity index (χ3v) is 2.12. The first-order valence-electron chi connectivity index (χ1n) is 3.89. The molecule has 0 atom stereocenters. The predicted octanol–water partition coefficient (Wildman–Crippen LogP) is 1.56. The van der Waals surface area contributed by atoms with Crippen LogP contribution in [0.5, 0.6) is 0 Å². The summed E-state index contributed by atoms with van der Waals surface area (Å²) in [6.45, 7) is 0. The summed E-state index contributed by atoms with van der Waals surface area (Å²) in [7, 11) is 0. The van der Waals surface area contributed by atoms with E-state index in [-0.39, 0.29) is 18.6 Å². The second kappa shape index (κ2) is 7.16. The molecule has 0 aliphatic carbocycles. The average Bonchev–Trinajstić information content (AvgIpc) is 2.01. The van der Waals surface area contributed by atoms with Crippen LogP contribution in [0.2, 0.25) is 0 Å². The number of rotatable bonds is 7. The van der Waals surface area contributed by atoms with Crippen molar-refractivity contribution in [2.75, 3.05) is 12.0 Å². The van der Waals surface area contributed by atoms with Gasteiger partial charge in [0.25, 0.3) is 0 Å². The summed E-state index contributed by atoms with van der Waals surface area (Å²) in [6, 6.07) is 0. The lowest BCUT2D eigenvalue weighted by molar-refractivity contribution is -0.138. The maximum Gasteiger partial charge on any atom is 0.303 e. The van der Waals surface area contributed by atoms with Crippen molar-refractivity contribution in [3.05, 3.63) is 0 Å². The van der Waals surface area contributed by atoms with Crippen molar-refractivity contribution in [2.24, 2.45) is 0 Å². The van der Waals surface area contributed by atoms with E-state index in [0.717, 1.165) is 12.2 Å². The third-order valence-electron chi connectivity index (χ3n) is 1.42. The highest BCUT2D eigenvalue weighted by atomic mass is 32.2. The number of carboxylic acids is 1. The van der Waals surface area contributed by atoms with Crippen LogP contribution in [0.1, 0.15) is 25.7 Å². The number of carboxylic acid groups (broad SMARTS) is 1. The highest BCUT2D eigenvalue weighted by molar-refractivity contribution is 7.98. The lowest BCUT2D eigenvalue weighted by Crippen LogP contribution is -2.03. The Morgan fingerprint density at radius 1 is 1.25 bits per heavy atom. The molecular weight excluding hydrogens is 176 g/mol. The van der Waals surface area contributed by atoms with Gasteiger partial charge in [-0.15, -0.1) is 0 Å². The fourth-order valence-electron chi connectivity index (χ4n) is 0.785. The van der Waals surface area contributed by atoms with Crippen LogP contribution < -0.4 is 0 Å². The monoisotopic (exact) mass is 190 g/mol. The van der Waals surface area contributed by atoms with Crippen LogP contribution in [0.4, 0.5) is 0 Å². The van der Waals surface area contributed by atoms with E-state index >= 15 is 0 Å². The van der Waals surface area contributed by atoms with Crippen LogP contribution in [-0.4, -0.2) is 28.9 Å². The van der Waals surface area contributed by atoms with Crippen LogP contribution in [0.15, 0.2) is 0 Å². The maximum atomic E-state index is 10.9. The molecule has 3 nitrogen and oxygen atoms in total. The molecule has 0 heterocycles. The molecule has 0 aliphatic rings. The smallest absolute Gasteiger partial charge is 0.303 e. The zero-order chi connectivity index (χ0) is 9.40. The van der Waals surface area contributed by atoms with Crippen molar-refractivity contribution >= 4 is 23.5 Å². The molecular formula is C8H14O3S. The highest BCUT2D eigenvalue weighted by Gasteiger charge is 2.04. The van der Waals surface area contributed by atoms with Crippen molar-refractivity contribution in [2.45, 2.75) is 25.7 Å². The Morgan fingerprint density at radius 3 is 2.42 bits per heavy atom. The Morgan fingerprint density at radius 2 is 1.92 bits per heavy atom. The molecule has 0 saturated carbocycles. The zero-order valence-corrected chi connectivity index (χ0v) is 8.02. The molecule has 0 amide bonds. The SMILES string of the molecule is CSCCCC(=O)CCC(=O)O. The van der Waals surface area contributed by atoms with Gasteiger partial charge in [0.1, 0.15) is 5.78 Å². The number of aliphatic carboxylic acids is 1. The van der Waals surface area contributed by atoms with Gasteiger partial charge in [0.15, 0.2) is 0 Å². The Bertz CT molecular complexity index is 156. The first-order chi connectivity index (χ1) is 5.66. The Labute approximate surface area is 76.5 Å². The topological polar surface area (TPSA) is 54.4 Å². The summed E-state index contributed by atoms with van der Waals surface area (Å²) in [5, 5.41) is 8.28. The molecule has 0 spiro atoms. The van der Waals surface area contributed by atoms with Crippen molar-refractivity contribution in [3.63, 3.8) is 0 Å². The van der Waals surface area contributed by atoms with E-state index in [0.29, 0.717) is 6.42 Å². The van der Waals surface area contributed by atoms with Crippen LogP contribution in [0.25, 0.3) is 0 Å². The summed E-state index contributed by atoms with van der Waals surface area (Å²) in [5.41, 5.74) is 0. The lowest BCUT2D eigenvalue weighted by atomic mass is 10.1. The van der Waals surface area contributed by atoms with E-state index in [2.05, 4.69) is 0 Å². The number of ketones is 1. The first kappa shape index (κ1) is 11.5. The van der Waals surface area contributed by atoms with Gasteiger partial charge in [0, 0.05) is 12.8 Å². The zero-order valence-electron chi connectivity index (χ0n) is 7.21. The molecule has 0 aromatic rings. The summed E-state index contributed by atoms with van der Waals surface area (Å²) in [6.07, 6.45) is 3.53. The Kier molecular flexibility index (Phi) is 6.85. The van der Waals surface area contributed by atoms with Gasteiger partial charge in [-0.2, -0.15) is 11.8 Å². The quantitative estimate of drug-likeness (QED) is 0.619. The molecule has 0 rings (SSSR count). The number of carbonyl (C=O) groups excluding carboxylic acids is 1. The molecule has 0 bridgehead atoms. The molecule has 0 fully saturated rings. The van der Waals surface area contributed by atoms with Gasteiger partial charge in [-0.3, -0.25) is 9.59 Å². The van der Waals surface area contributed by atoms with Crippen LogP contribution in [0.3, 0.4) is 0 Å². The van der Waals surface area contributed by atoms with Gasteiger partial charge >= 0.3 is 5.97 Å². The van der Waals surface area contributed by atoms with E-state index in [4.69, 9.17) is 5.11 Å². The van der Waals surface area contributed by atoms with E-state index in [9.17, 15) is 9.59 Å². The Balaban J connectivity index is 3.28. The Hall–Kier alpha value is -0.510. The summed E-state index contributed by atoms with van der Waals surface area (Å²) in [4.78, 5) is 21.0. The largest absolute Gasteiger partial charge is 0.481 e. The molecule has 1 N–H and O–H groups in total. The van der Waals surface area contributed by atoms with Crippen molar-refractivity contribution in [3.8, 4) is 0 Å². The predicted molar refractivity (Wildman–Crippen MR) is 49.5 cm³/mol. The van der Waals surface area contributed by atoms with E-state index in [1.54, 1.807) is 11.8 Å². The van der Waals surface area contributed by atoms with E-state index in [1.807, 2.05) is 6.26 Å². The second-order valence-corrected chi connectivity index (χ2v) is 3.51. The van der Waals surface area contributed by atoms with Crippen molar-refractivity contribution in [1.29, 1.82) is 0 Å². The normalized spacial score (nSPS) is 9.75. The average molecular weight is 190 g/mol.